The molecule has 0 aromatic heterocycles. The van der Waals surface area contributed by atoms with Crippen LogP contribution in [-0.2, 0) is 26.2 Å². The number of hydrogen-bond acceptors (Lipinski definition) is 5. The molecule has 0 amide bonds. The lowest BCUT2D eigenvalue weighted by Gasteiger charge is -2.14. The zero-order chi connectivity index (χ0) is 17.7. The summed E-state index contributed by atoms with van der Waals surface area (Å²) in [7, 11) is -1.31. The van der Waals surface area contributed by atoms with Crippen molar-refractivity contribution in [3.05, 3.63) is 64.1 Å². The summed E-state index contributed by atoms with van der Waals surface area (Å²) in [6.07, 6.45) is 0. The molecule has 0 atom stereocenters. The zero-order valence-electron chi connectivity index (χ0n) is 13.1. The summed E-state index contributed by atoms with van der Waals surface area (Å²) >= 11 is 3.37. The molecule has 0 aliphatic rings. The van der Waals surface area contributed by atoms with Crippen LogP contribution in [0.4, 0.5) is 0 Å². The molecule has 0 saturated carbocycles. The van der Waals surface area contributed by atoms with Crippen LogP contribution < -0.4 is 0 Å². The highest BCUT2D eigenvalue weighted by Crippen LogP contribution is 2.19. The number of carbonyl (C=O) groups is 1. The average molecular weight is 414 g/mol. The summed E-state index contributed by atoms with van der Waals surface area (Å²) in [4.78, 5) is 16.8. The maximum absolute atomic E-state index is 12.2. The van der Waals surface area contributed by atoms with Gasteiger partial charge in [0.05, 0.1) is 17.6 Å². The van der Waals surface area contributed by atoms with Crippen molar-refractivity contribution in [2.45, 2.75) is 11.5 Å². The van der Waals surface area contributed by atoms with E-state index >= 15 is 0 Å². The van der Waals surface area contributed by atoms with E-state index in [0.29, 0.717) is 0 Å². The van der Waals surface area contributed by atoms with Crippen molar-refractivity contribution < 1.29 is 22.8 Å². The Hall–Kier alpha value is -1.74. The van der Waals surface area contributed by atoms with Gasteiger partial charge in [-0.2, -0.15) is 0 Å². The Kier molecular flexibility index (Phi) is 6.11. The number of ether oxygens (including phenoxy) is 1. The van der Waals surface area contributed by atoms with Crippen LogP contribution in [0.1, 0.15) is 15.9 Å². The van der Waals surface area contributed by atoms with E-state index in [4.69, 9.17) is 9.57 Å². The summed E-state index contributed by atoms with van der Waals surface area (Å²) in [6, 6.07) is 13.0. The van der Waals surface area contributed by atoms with Crippen LogP contribution in [0.15, 0.2) is 57.9 Å². The van der Waals surface area contributed by atoms with Crippen LogP contribution in [-0.4, -0.2) is 33.0 Å². The summed E-state index contributed by atoms with van der Waals surface area (Å²) in [6.45, 7) is 0.0786. The highest BCUT2D eigenvalue weighted by atomic mass is 79.9. The number of benzene rings is 2. The lowest BCUT2D eigenvalue weighted by atomic mass is 10.2. The largest absolute Gasteiger partial charge is 0.457 e. The summed E-state index contributed by atoms with van der Waals surface area (Å²) in [5.74, 6) is -0.608. The molecule has 2 aromatic carbocycles. The van der Waals surface area contributed by atoms with E-state index in [9.17, 15) is 13.2 Å². The van der Waals surface area contributed by atoms with E-state index in [0.717, 1.165) is 14.5 Å². The second-order valence-electron chi connectivity index (χ2n) is 4.79. The van der Waals surface area contributed by atoms with Gasteiger partial charge in [-0.3, -0.25) is 4.84 Å². The molecule has 0 heterocycles. The van der Waals surface area contributed by atoms with Crippen LogP contribution in [0.3, 0.4) is 0 Å². The molecule has 0 fully saturated rings. The number of sulfonamides is 1. The fraction of sp³-hybridized carbons (Fsp3) is 0.188. The van der Waals surface area contributed by atoms with Crippen molar-refractivity contribution in [1.29, 1.82) is 0 Å². The van der Waals surface area contributed by atoms with Gasteiger partial charge in [0, 0.05) is 17.1 Å². The molecule has 0 spiro atoms. The third kappa shape index (κ3) is 4.21. The molecule has 0 unspecified atom stereocenters. The van der Waals surface area contributed by atoms with Crippen molar-refractivity contribution in [3.8, 4) is 0 Å². The topological polar surface area (TPSA) is 72.9 Å². The van der Waals surface area contributed by atoms with Gasteiger partial charge in [0.25, 0.3) is 10.0 Å². The third-order valence-corrected chi connectivity index (χ3v) is 5.73. The first-order valence-corrected chi connectivity index (χ1v) is 9.13. The standard InChI is InChI=1S/C16H16BrNO5S/c1-18(22-2)24(20,21)14-8-5-7-12(10-14)16(19)23-11-13-6-3-4-9-15(13)17/h3-10H,11H2,1-2H3. The Morgan fingerprint density at radius 1 is 1.17 bits per heavy atom. The van der Waals surface area contributed by atoms with Gasteiger partial charge in [-0.05, 0) is 24.3 Å². The second kappa shape index (κ2) is 7.89. The Morgan fingerprint density at radius 3 is 2.54 bits per heavy atom. The lowest BCUT2D eigenvalue weighted by molar-refractivity contribution is -0.0258. The number of halogens is 1. The number of rotatable bonds is 6. The number of hydroxylamine groups is 1. The molecule has 6 nitrogen and oxygen atoms in total. The van der Waals surface area contributed by atoms with Gasteiger partial charge in [0.2, 0.25) is 0 Å². The Bertz CT molecular complexity index is 838. The van der Waals surface area contributed by atoms with Crippen molar-refractivity contribution in [2.24, 2.45) is 0 Å². The number of hydrogen-bond donors (Lipinski definition) is 0. The van der Waals surface area contributed by atoms with E-state index in [-0.39, 0.29) is 17.1 Å². The van der Waals surface area contributed by atoms with Gasteiger partial charge in [-0.1, -0.05) is 44.7 Å². The SMILES string of the molecule is CON(C)S(=O)(=O)c1cccc(C(=O)OCc2ccccc2Br)c1. The van der Waals surface area contributed by atoms with Crippen molar-refractivity contribution in [3.63, 3.8) is 0 Å². The quantitative estimate of drug-likeness (QED) is 0.537. The highest BCUT2D eigenvalue weighted by Gasteiger charge is 2.22. The first-order valence-electron chi connectivity index (χ1n) is 6.90. The van der Waals surface area contributed by atoms with Gasteiger partial charge in [-0.25, -0.2) is 13.2 Å². The molecule has 0 saturated heterocycles. The maximum Gasteiger partial charge on any atom is 0.338 e. The zero-order valence-corrected chi connectivity index (χ0v) is 15.5. The fourth-order valence-electron chi connectivity index (χ4n) is 1.87. The summed E-state index contributed by atoms with van der Waals surface area (Å²) < 4.78 is 31.2. The average Bonchev–Trinajstić information content (AvgIpc) is 2.60. The molecule has 0 N–H and O–H groups in total. The van der Waals surface area contributed by atoms with Crippen LogP contribution in [0.25, 0.3) is 0 Å². The molecule has 2 rings (SSSR count). The molecular weight excluding hydrogens is 398 g/mol. The Labute approximate surface area is 149 Å². The molecule has 2 aromatic rings. The van der Waals surface area contributed by atoms with Gasteiger partial charge < -0.3 is 4.74 Å². The van der Waals surface area contributed by atoms with Gasteiger partial charge in [0.1, 0.15) is 6.61 Å². The van der Waals surface area contributed by atoms with Gasteiger partial charge in [0.15, 0.2) is 0 Å². The first-order chi connectivity index (χ1) is 11.4. The third-order valence-electron chi connectivity index (χ3n) is 3.28. The molecule has 24 heavy (non-hydrogen) atoms. The highest BCUT2D eigenvalue weighted by molar-refractivity contribution is 9.10. The second-order valence-corrected chi connectivity index (χ2v) is 7.58. The molecule has 0 aliphatic carbocycles. The molecule has 128 valence electrons. The van der Waals surface area contributed by atoms with Crippen LogP contribution >= 0.6 is 15.9 Å². The first kappa shape index (κ1) is 18.6. The number of esters is 1. The molecule has 8 heteroatoms. The van der Waals surface area contributed by atoms with Gasteiger partial charge in [-0.15, -0.1) is 0 Å². The van der Waals surface area contributed by atoms with Crippen molar-refractivity contribution in [2.75, 3.05) is 14.2 Å². The van der Waals surface area contributed by atoms with Crippen molar-refractivity contribution in [1.82, 2.24) is 4.47 Å². The predicted molar refractivity (Wildman–Crippen MR) is 91.7 cm³/mol. The summed E-state index contributed by atoms with van der Waals surface area (Å²) in [5, 5.41) is 0. The number of carbonyl (C=O) groups excluding carboxylic acids is 1. The smallest absolute Gasteiger partial charge is 0.338 e. The van der Waals surface area contributed by atoms with E-state index < -0.39 is 16.0 Å². The molecular formula is C16H16BrNO5S. The van der Waals surface area contributed by atoms with Crippen molar-refractivity contribution >= 4 is 31.9 Å². The van der Waals surface area contributed by atoms with E-state index in [1.807, 2.05) is 24.3 Å². The van der Waals surface area contributed by atoms with E-state index in [1.54, 1.807) is 0 Å². The Balaban J connectivity index is 2.17. The van der Waals surface area contributed by atoms with Crippen LogP contribution in [0.2, 0.25) is 0 Å². The molecule has 0 bridgehead atoms. The van der Waals surface area contributed by atoms with E-state index in [1.165, 1.54) is 38.4 Å². The van der Waals surface area contributed by atoms with Crippen LogP contribution in [0, 0.1) is 0 Å². The monoisotopic (exact) mass is 413 g/mol. The lowest BCUT2D eigenvalue weighted by Crippen LogP contribution is -2.25. The van der Waals surface area contributed by atoms with Crippen LogP contribution in [0.5, 0.6) is 0 Å². The maximum atomic E-state index is 12.2. The normalized spacial score (nSPS) is 11.5. The predicted octanol–water partition coefficient (Wildman–Crippen LogP) is 2.99. The molecule has 0 radical (unpaired) electrons. The number of nitrogens with zero attached hydrogens (tertiary/aromatic N) is 1. The summed E-state index contributed by atoms with van der Waals surface area (Å²) in [5.41, 5.74) is 0.960. The molecule has 0 aliphatic heterocycles. The minimum absolute atomic E-state index is 0.0535. The minimum Gasteiger partial charge on any atom is -0.457 e. The van der Waals surface area contributed by atoms with Gasteiger partial charge >= 0.3 is 5.97 Å². The Morgan fingerprint density at radius 2 is 1.88 bits per heavy atom. The van der Waals surface area contributed by atoms with E-state index in [2.05, 4.69) is 15.9 Å². The minimum atomic E-state index is -3.82. The fourth-order valence-corrected chi connectivity index (χ4v) is 3.29.